The Hall–Kier alpha value is -1.83. The SMILES string of the molecule is COc1c(C)[c]ccc1-c1ccc(C)nc1. The second kappa shape index (κ2) is 4.35. The highest BCUT2D eigenvalue weighted by molar-refractivity contribution is 5.71. The molecule has 0 spiro atoms. The quantitative estimate of drug-likeness (QED) is 0.762. The summed E-state index contributed by atoms with van der Waals surface area (Å²) >= 11 is 0. The molecule has 2 rings (SSSR count). The Labute approximate surface area is 95.9 Å². The van der Waals surface area contributed by atoms with Gasteiger partial charge in [-0.05, 0) is 37.6 Å². The Morgan fingerprint density at radius 2 is 2.00 bits per heavy atom. The molecule has 2 aromatic rings. The largest absolute Gasteiger partial charge is 0.496 e. The van der Waals surface area contributed by atoms with E-state index >= 15 is 0 Å². The number of benzene rings is 1. The molecule has 0 amide bonds. The van der Waals surface area contributed by atoms with Gasteiger partial charge in [0.1, 0.15) is 5.75 Å². The van der Waals surface area contributed by atoms with E-state index in [1.54, 1.807) is 7.11 Å². The van der Waals surface area contributed by atoms with Crippen molar-refractivity contribution >= 4 is 0 Å². The van der Waals surface area contributed by atoms with E-state index in [0.29, 0.717) is 0 Å². The van der Waals surface area contributed by atoms with Gasteiger partial charge in [0, 0.05) is 23.0 Å². The third-order valence-corrected chi connectivity index (χ3v) is 2.56. The maximum atomic E-state index is 5.40. The highest BCUT2D eigenvalue weighted by atomic mass is 16.5. The van der Waals surface area contributed by atoms with Crippen molar-refractivity contribution in [2.24, 2.45) is 0 Å². The normalized spacial score (nSPS) is 10.2. The Kier molecular flexibility index (Phi) is 2.91. The minimum Gasteiger partial charge on any atom is -0.496 e. The van der Waals surface area contributed by atoms with Crippen molar-refractivity contribution in [3.8, 4) is 16.9 Å². The molecule has 0 aliphatic carbocycles. The van der Waals surface area contributed by atoms with Gasteiger partial charge in [-0.25, -0.2) is 0 Å². The minimum atomic E-state index is 0.869. The molecule has 1 radical (unpaired) electrons. The van der Waals surface area contributed by atoms with Crippen LogP contribution in [0.1, 0.15) is 11.3 Å². The zero-order valence-corrected chi connectivity index (χ0v) is 9.74. The van der Waals surface area contributed by atoms with Gasteiger partial charge in [-0.2, -0.15) is 0 Å². The maximum absolute atomic E-state index is 5.40. The van der Waals surface area contributed by atoms with Crippen molar-refractivity contribution in [3.63, 3.8) is 0 Å². The van der Waals surface area contributed by atoms with Crippen molar-refractivity contribution in [3.05, 3.63) is 47.8 Å². The third kappa shape index (κ3) is 1.91. The van der Waals surface area contributed by atoms with Crippen molar-refractivity contribution in [1.82, 2.24) is 4.98 Å². The second-order valence-corrected chi connectivity index (χ2v) is 3.74. The lowest BCUT2D eigenvalue weighted by molar-refractivity contribution is 0.413. The van der Waals surface area contributed by atoms with Gasteiger partial charge in [-0.1, -0.05) is 12.1 Å². The number of ether oxygens (including phenoxy) is 1. The van der Waals surface area contributed by atoms with Crippen LogP contribution in [-0.2, 0) is 0 Å². The van der Waals surface area contributed by atoms with E-state index in [4.69, 9.17) is 4.74 Å². The second-order valence-electron chi connectivity index (χ2n) is 3.74. The smallest absolute Gasteiger partial charge is 0.130 e. The molecule has 81 valence electrons. The van der Waals surface area contributed by atoms with Crippen LogP contribution >= 0.6 is 0 Å². The molecule has 0 aliphatic rings. The number of aryl methyl sites for hydroxylation is 2. The van der Waals surface area contributed by atoms with Gasteiger partial charge in [0.25, 0.3) is 0 Å². The van der Waals surface area contributed by atoms with Gasteiger partial charge >= 0.3 is 0 Å². The summed E-state index contributed by atoms with van der Waals surface area (Å²) in [5.74, 6) is 0.869. The average molecular weight is 212 g/mol. The zero-order chi connectivity index (χ0) is 11.5. The van der Waals surface area contributed by atoms with E-state index < -0.39 is 0 Å². The van der Waals surface area contributed by atoms with Crippen LogP contribution in [0.4, 0.5) is 0 Å². The Bertz CT molecular complexity index is 489. The summed E-state index contributed by atoms with van der Waals surface area (Å²) in [5.41, 5.74) is 4.16. The Morgan fingerprint density at radius 3 is 2.62 bits per heavy atom. The van der Waals surface area contributed by atoms with Crippen LogP contribution in [0, 0.1) is 19.9 Å². The van der Waals surface area contributed by atoms with Crippen LogP contribution in [0.25, 0.3) is 11.1 Å². The molecule has 0 bridgehead atoms. The van der Waals surface area contributed by atoms with Gasteiger partial charge in [0.2, 0.25) is 0 Å². The van der Waals surface area contributed by atoms with Gasteiger partial charge in [0.15, 0.2) is 0 Å². The number of aromatic nitrogens is 1. The molecule has 2 heteroatoms. The third-order valence-electron chi connectivity index (χ3n) is 2.56. The fourth-order valence-electron chi connectivity index (χ4n) is 1.71. The number of rotatable bonds is 2. The van der Waals surface area contributed by atoms with Crippen LogP contribution in [0.15, 0.2) is 30.5 Å². The van der Waals surface area contributed by atoms with Gasteiger partial charge in [-0.3, -0.25) is 4.98 Å². The summed E-state index contributed by atoms with van der Waals surface area (Å²) in [6.07, 6.45) is 1.87. The standard InChI is InChI=1S/C14H14NO/c1-10-5-4-6-13(14(10)16-3)12-8-7-11(2)15-9-12/h4,6-9H,1-3H3. The van der Waals surface area contributed by atoms with E-state index in [-0.39, 0.29) is 0 Å². The van der Waals surface area contributed by atoms with E-state index in [0.717, 1.165) is 28.1 Å². The van der Waals surface area contributed by atoms with Crippen molar-refractivity contribution in [1.29, 1.82) is 0 Å². The molecule has 0 saturated carbocycles. The molecule has 1 aromatic carbocycles. The first-order valence-electron chi connectivity index (χ1n) is 5.20. The van der Waals surface area contributed by atoms with Crippen molar-refractivity contribution in [2.45, 2.75) is 13.8 Å². The summed E-state index contributed by atoms with van der Waals surface area (Å²) in [6.45, 7) is 3.97. The topological polar surface area (TPSA) is 22.1 Å². The first kappa shape index (κ1) is 10.7. The van der Waals surface area contributed by atoms with Crippen LogP contribution < -0.4 is 4.74 Å². The van der Waals surface area contributed by atoms with E-state index in [9.17, 15) is 0 Å². The fraction of sp³-hybridized carbons (Fsp3) is 0.214. The monoisotopic (exact) mass is 212 g/mol. The van der Waals surface area contributed by atoms with Crippen LogP contribution in [0.2, 0.25) is 0 Å². The highest BCUT2D eigenvalue weighted by Gasteiger charge is 2.07. The number of methoxy groups -OCH3 is 1. The minimum absolute atomic E-state index is 0.869. The van der Waals surface area contributed by atoms with Crippen molar-refractivity contribution in [2.75, 3.05) is 7.11 Å². The van der Waals surface area contributed by atoms with Crippen LogP contribution in [0.5, 0.6) is 5.75 Å². The molecular formula is C14H14NO. The molecule has 1 aromatic heterocycles. The number of hydrogen-bond acceptors (Lipinski definition) is 2. The number of nitrogens with zero attached hydrogens (tertiary/aromatic N) is 1. The van der Waals surface area contributed by atoms with Crippen molar-refractivity contribution < 1.29 is 4.74 Å². The molecular weight excluding hydrogens is 198 g/mol. The maximum Gasteiger partial charge on any atom is 0.130 e. The van der Waals surface area contributed by atoms with Crippen LogP contribution in [0.3, 0.4) is 0 Å². The summed E-state index contributed by atoms with van der Waals surface area (Å²) in [7, 11) is 1.68. The Morgan fingerprint density at radius 1 is 1.19 bits per heavy atom. The molecule has 0 saturated heterocycles. The zero-order valence-electron chi connectivity index (χ0n) is 9.74. The van der Waals surface area contributed by atoms with Gasteiger partial charge in [-0.15, -0.1) is 0 Å². The molecule has 0 fully saturated rings. The molecule has 0 unspecified atom stereocenters. The van der Waals surface area contributed by atoms with Gasteiger partial charge in [0.05, 0.1) is 7.11 Å². The highest BCUT2D eigenvalue weighted by Crippen LogP contribution is 2.31. The summed E-state index contributed by atoms with van der Waals surface area (Å²) < 4.78 is 5.40. The number of hydrogen-bond donors (Lipinski definition) is 0. The fourth-order valence-corrected chi connectivity index (χ4v) is 1.71. The lowest BCUT2D eigenvalue weighted by Gasteiger charge is -2.10. The summed E-state index contributed by atoms with van der Waals surface area (Å²) in [4.78, 5) is 4.29. The molecule has 16 heavy (non-hydrogen) atoms. The predicted octanol–water partition coefficient (Wildman–Crippen LogP) is 3.17. The first-order valence-corrected chi connectivity index (χ1v) is 5.20. The summed E-state index contributed by atoms with van der Waals surface area (Å²) in [5, 5.41) is 0. The molecule has 0 N–H and O–H groups in total. The molecule has 0 atom stereocenters. The lowest BCUT2D eigenvalue weighted by Crippen LogP contribution is -1.92. The molecule has 1 heterocycles. The lowest BCUT2D eigenvalue weighted by atomic mass is 10.0. The van der Waals surface area contributed by atoms with E-state index in [1.807, 2.05) is 38.2 Å². The predicted molar refractivity (Wildman–Crippen MR) is 64.5 cm³/mol. The average Bonchev–Trinajstić information content (AvgIpc) is 2.30. The first-order chi connectivity index (χ1) is 7.72. The molecule has 0 aliphatic heterocycles. The Balaban J connectivity index is 2.55. The number of pyridine rings is 1. The van der Waals surface area contributed by atoms with Crippen LogP contribution in [-0.4, -0.2) is 12.1 Å². The molecule has 2 nitrogen and oxygen atoms in total. The van der Waals surface area contributed by atoms with E-state index in [2.05, 4.69) is 17.1 Å². The van der Waals surface area contributed by atoms with Gasteiger partial charge < -0.3 is 4.74 Å². The van der Waals surface area contributed by atoms with E-state index in [1.165, 1.54) is 0 Å². The summed E-state index contributed by atoms with van der Waals surface area (Å²) in [6, 6.07) is 11.1.